The molecule has 0 atom stereocenters. The number of aldehydes is 1. The van der Waals surface area contributed by atoms with Crippen LogP contribution in [0.2, 0.25) is 0 Å². The smallest absolute Gasteiger partial charge is 0.338 e. The normalized spacial score (nSPS) is 9.56. The number of carbonyl (C=O) groups excluding carboxylic acids is 2. The lowest BCUT2D eigenvalue weighted by Gasteiger charge is -2.11. The highest BCUT2D eigenvalue weighted by Gasteiger charge is 2.16. The predicted molar refractivity (Wildman–Crippen MR) is 66.1 cm³/mol. The average Bonchev–Trinajstić information content (AvgIpc) is 2.37. The third kappa shape index (κ3) is 3.42. The molecule has 4 nitrogen and oxygen atoms in total. The molecule has 1 aromatic rings. The van der Waals surface area contributed by atoms with Crippen LogP contribution in [0.5, 0.6) is 0 Å². The predicted octanol–water partition coefficient (Wildman–Crippen LogP) is 2.06. The number of aryl methyl sites for hydroxylation is 1. The molecule has 0 radical (unpaired) electrons. The van der Waals surface area contributed by atoms with Crippen molar-refractivity contribution in [3.8, 4) is 6.07 Å². The van der Waals surface area contributed by atoms with Crippen molar-refractivity contribution in [2.45, 2.75) is 26.2 Å². The molecule has 0 saturated heterocycles. The van der Waals surface area contributed by atoms with Crippen molar-refractivity contribution in [2.24, 2.45) is 0 Å². The number of rotatable bonds is 6. The Balaban J connectivity index is 3.16. The van der Waals surface area contributed by atoms with Gasteiger partial charge in [0.1, 0.15) is 6.29 Å². The topological polar surface area (TPSA) is 67.2 Å². The van der Waals surface area contributed by atoms with Gasteiger partial charge in [-0.1, -0.05) is 18.2 Å². The highest BCUT2D eigenvalue weighted by atomic mass is 16.5. The fraction of sp³-hybridized carbons (Fsp3) is 0.357. The Hall–Kier alpha value is -2.15. The summed E-state index contributed by atoms with van der Waals surface area (Å²) in [6.07, 6.45) is 1.80. The Labute approximate surface area is 106 Å². The number of esters is 1. The molecule has 94 valence electrons. The summed E-state index contributed by atoms with van der Waals surface area (Å²) in [6, 6.07) is 7.34. The van der Waals surface area contributed by atoms with Crippen molar-refractivity contribution >= 4 is 12.3 Å². The monoisotopic (exact) mass is 245 g/mol. The number of nitriles is 1. The van der Waals surface area contributed by atoms with Gasteiger partial charge in [0.25, 0.3) is 0 Å². The van der Waals surface area contributed by atoms with Gasteiger partial charge in [0.05, 0.1) is 24.7 Å². The summed E-state index contributed by atoms with van der Waals surface area (Å²) in [5.74, 6) is -0.427. The fourth-order valence-corrected chi connectivity index (χ4v) is 1.77. The summed E-state index contributed by atoms with van der Waals surface area (Å²) in [7, 11) is 0. The van der Waals surface area contributed by atoms with Gasteiger partial charge in [0.2, 0.25) is 0 Å². The van der Waals surface area contributed by atoms with E-state index in [9.17, 15) is 9.59 Å². The SMILES string of the molecule is CCOC(=O)c1c(CC#N)cccc1CCC=O. The van der Waals surface area contributed by atoms with Crippen LogP contribution in [0.4, 0.5) is 0 Å². The largest absolute Gasteiger partial charge is 0.462 e. The summed E-state index contributed by atoms with van der Waals surface area (Å²) in [5.41, 5.74) is 1.84. The van der Waals surface area contributed by atoms with Gasteiger partial charge in [-0.25, -0.2) is 4.79 Å². The Kier molecular flexibility index (Phi) is 5.59. The van der Waals surface area contributed by atoms with Gasteiger partial charge in [0.15, 0.2) is 0 Å². The van der Waals surface area contributed by atoms with E-state index in [2.05, 4.69) is 0 Å². The number of nitrogens with zero attached hydrogens (tertiary/aromatic N) is 1. The first-order valence-electron chi connectivity index (χ1n) is 5.83. The second-order valence-electron chi connectivity index (χ2n) is 3.71. The van der Waals surface area contributed by atoms with Gasteiger partial charge in [-0.3, -0.25) is 0 Å². The molecule has 0 heterocycles. The third-order valence-corrected chi connectivity index (χ3v) is 2.52. The average molecular weight is 245 g/mol. The van der Waals surface area contributed by atoms with E-state index < -0.39 is 5.97 Å². The second-order valence-corrected chi connectivity index (χ2v) is 3.71. The van der Waals surface area contributed by atoms with Crippen LogP contribution >= 0.6 is 0 Å². The van der Waals surface area contributed by atoms with Crippen molar-refractivity contribution in [3.63, 3.8) is 0 Å². The van der Waals surface area contributed by atoms with Crippen LogP contribution in [0.1, 0.15) is 34.8 Å². The molecule has 0 amide bonds. The molecule has 0 fully saturated rings. The van der Waals surface area contributed by atoms with Gasteiger partial charge < -0.3 is 9.53 Å². The number of benzene rings is 1. The number of carbonyl (C=O) groups is 2. The lowest BCUT2D eigenvalue weighted by Crippen LogP contribution is -2.12. The summed E-state index contributed by atoms with van der Waals surface area (Å²) >= 11 is 0. The first-order valence-corrected chi connectivity index (χ1v) is 5.83. The molecule has 18 heavy (non-hydrogen) atoms. The first kappa shape index (κ1) is 13.9. The van der Waals surface area contributed by atoms with E-state index in [0.29, 0.717) is 24.0 Å². The van der Waals surface area contributed by atoms with Crippen molar-refractivity contribution in [1.82, 2.24) is 0 Å². The van der Waals surface area contributed by atoms with Gasteiger partial charge >= 0.3 is 5.97 Å². The van der Waals surface area contributed by atoms with E-state index >= 15 is 0 Å². The highest BCUT2D eigenvalue weighted by Crippen LogP contribution is 2.18. The molecule has 0 aliphatic heterocycles. The van der Waals surface area contributed by atoms with E-state index in [1.54, 1.807) is 25.1 Å². The molecular weight excluding hydrogens is 230 g/mol. The third-order valence-electron chi connectivity index (χ3n) is 2.52. The molecular formula is C14H15NO3. The lowest BCUT2D eigenvalue weighted by atomic mass is 9.96. The van der Waals surface area contributed by atoms with E-state index in [-0.39, 0.29) is 13.0 Å². The Morgan fingerprint density at radius 3 is 2.78 bits per heavy atom. The molecule has 1 aromatic carbocycles. The maximum absolute atomic E-state index is 11.9. The fourth-order valence-electron chi connectivity index (χ4n) is 1.77. The van der Waals surface area contributed by atoms with Crippen LogP contribution in [0.15, 0.2) is 18.2 Å². The van der Waals surface area contributed by atoms with Crippen LogP contribution in [-0.4, -0.2) is 18.9 Å². The van der Waals surface area contributed by atoms with Crippen molar-refractivity contribution < 1.29 is 14.3 Å². The van der Waals surface area contributed by atoms with E-state index in [1.165, 1.54) is 0 Å². The number of hydrogen-bond acceptors (Lipinski definition) is 4. The van der Waals surface area contributed by atoms with E-state index in [0.717, 1.165) is 11.8 Å². The molecule has 0 aliphatic carbocycles. The van der Waals surface area contributed by atoms with Crippen LogP contribution in [0, 0.1) is 11.3 Å². The lowest BCUT2D eigenvalue weighted by molar-refractivity contribution is -0.107. The molecule has 0 N–H and O–H groups in total. The molecule has 1 rings (SSSR count). The minimum Gasteiger partial charge on any atom is -0.462 e. The Morgan fingerprint density at radius 2 is 2.17 bits per heavy atom. The zero-order valence-corrected chi connectivity index (χ0v) is 10.3. The van der Waals surface area contributed by atoms with E-state index in [1.807, 2.05) is 6.07 Å². The van der Waals surface area contributed by atoms with Crippen LogP contribution < -0.4 is 0 Å². The molecule has 0 spiro atoms. The maximum atomic E-state index is 11.9. The summed E-state index contributed by atoms with van der Waals surface area (Å²) in [5, 5.41) is 8.76. The summed E-state index contributed by atoms with van der Waals surface area (Å²) < 4.78 is 5.00. The molecule has 0 aromatic heterocycles. The van der Waals surface area contributed by atoms with E-state index in [4.69, 9.17) is 10.00 Å². The van der Waals surface area contributed by atoms with Crippen molar-refractivity contribution in [2.75, 3.05) is 6.61 Å². The highest BCUT2D eigenvalue weighted by molar-refractivity contribution is 5.93. The number of ether oxygens (including phenoxy) is 1. The van der Waals surface area contributed by atoms with Crippen LogP contribution in [0.25, 0.3) is 0 Å². The molecule has 4 heteroatoms. The first-order chi connectivity index (χ1) is 8.74. The van der Waals surface area contributed by atoms with Crippen molar-refractivity contribution in [1.29, 1.82) is 5.26 Å². The Bertz CT molecular complexity index is 474. The van der Waals surface area contributed by atoms with Gasteiger partial charge in [-0.2, -0.15) is 5.26 Å². The second kappa shape index (κ2) is 7.23. The van der Waals surface area contributed by atoms with Crippen LogP contribution in [0.3, 0.4) is 0 Å². The van der Waals surface area contributed by atoms with Crippen LogP contribution in [-0.2, 0) is 22.4 Å². The molecule has 0 unspecified atom stereocenters. The van der Waals surface area contributed by atoms with Gasteiger partial charge in [-0.15, -0.1) is 0 Å². The zero-order valence-electron chi connectivity index (χ0n) is 10.3. The quantitative estimate of drug-likeness (QED) is 0.568. The minimum absolute atomic E-state index is 0.156. The Morgan fingerprint density at radius 1 is 1.44 bits per heavy atom. The minimum atomic E-state index is -0.427. The number of hydrogen-bond donors (Lipinski definition) is 0. The summed E-state index contributed by atoms with van der Waals surface area (Å²) in [6.45, 7) is 2.02. The summed E-state index contributed by atoms with van der Waals surface area (Å²) in [4.78, 5) is 22.3. The standard InChI is InChI=1S/C14H15NO3/c1-2-18-14(17)13-11(7-4-10-16)5-3-6-12(13)8-9-15/h3,5-6,10H,2,4,7-8H2,1H3. The zero-order chi connectivity index (χ0) is 13.4. The van der Waals surface area contributed by atoms with Gasteiger partial charge in [-0.05, 0) is 24.5 Å². The van der Waals surface area contributed by atoms with Gasteiger partial charge in [0, 0.05) is 6.42 Å². The molecule has 0 bridgehead atoms. The maximum Gasteiger partial charge on any atom is 0.338 e. The van der Waals surface area contributed by atoms with Crippen molar-refractivity contribution in [3.05, 3.63) is 34.9 Å². The molecule has 0 saturated carbocycles. The molecule has 0 aliphatic rings.